The minimum atomic E-state index is 0.252. The fourth-order valence-corrected chi connectivity index (χ4v) is 2.07. The third-order valence-electron chi connectivity index (χ3n) is 3.13. The highest BCUT2D eigenvalue weighted by Crippen LogP contribution is 2.35. The van der Waals surface area contributed by atoms with Crippen LogP contribution in [-0.4, -0.2) is 26.4 Å². The smallest absolute Gasteiger partial charge is 0.129 e. The van der Waals surface area contributed by atoms with Gasteiger partial charge in [-0.1, -0.05) is 12.1 Å². The maximum absolute atomic E-state index is 9.33. The van der Waals surface area contributed by atoms with Crippen LogP contribution in [0.15, 0.2) is 36.4 Å². The van der Waals surface area contributed by atoms with Gasteiger partial charge in [-0.15, -0.1) is 0 Å². The molecule has 0 aromatic heterocycles. The molecular formula is C16H18O4. The number of hydrogen-bond acceptors (Lipinski definition) is 4. The van der Waals surface area contributed by atoms with Gasteiger partial charge in [-0.2, -0.15) is 0 Å². The Morgan fingerprint density at radius 3 is 1.85 bits per heavy atom. The molecular weight excluding hydrogens is 256 g/mol. The van der Waals surface area contributed by atoms with E-state index in [4.69, 9.17) is 14.2 Å². The number of methoxy groups -OCH3 is 3. The van der Waals surface area contributed by atoms with Gasteiger partial charge in [0.25, 0.3) is 0 Å². The number of benzene rings is 2. The van der Waals surface area contributed by atoms with Crippen LogP contribution in [0.5, 0.6) is 23.0 Å². The van der Waals surface area contributed by atoms with Crippen molar-refractivity contribution in [2.24, 2.45) is 0 Å². The van der Waals surface area contributed by atoms with Crippen LogP contribution in [-0.2, 0) is 6.42 Å². The predicted molar refractivity (Wildman–Crippen MR) is 77.0 cm³/mol. The maximum Gasteiger partial charge on any atom is 0.129 e. The average Bonchev–Trinajstić information content (AvgIpc) is 2.49. The Labute approximate surface area is 118 Å². The van der Waals surface area contributed by atoms with E-state index in [1.807, 2.05) is 24.3 Å². The summed E-state index contributed by atoms with van der Waals surface area (Å²) < 4.78 is 16.1. The first kappa shape index (κ1) is 14.1. The molecule has 4 heteroatoms. The normalized spacial score (nSPS) is 10.2. The van der Waals surface area contributed by atoms with E-state index >= 15 is 0 Å². The van der Waals surface area contributed by atoms with Crippen molar-refractivity contribution in [1.29, 1.82) is 0 Å². The second-order valence-corrected chi connectivity index (χ2v) is 4.35. The van der Waals surface area contributed by atoms with E-state index in [1.165, 1.54) is 0 Å². The van der Waals surface area contributed by atoms with Crippen molar-refractivity contribution in [3.63, 3.8) is 0 Å². The number of phenols is 1. The Kier molecular flexibility index (Phi) is 4.35. The lowest BCUT2D eigenvalue weighted by molar-refractivity contribution is 0.370. The monoisotopic (exact) mass is 274 g/mol. The van der Waals surface area contributed by atoms with E-state index in [2.05, 4.69) is 0 Å². The molecule has 0 atom stereocenters. The zero-order valence-electron chi connectivity index (χ0n) is 11.8. The molecule has 0 radical (unpaired) electrons. The van der Waals surface area contributed by atoms with E-state index in [0.717, 1.165) is 11.1 Å². The summed E-state index contributed by atoms with van der Waals surface area (Å²) in [4.78, 5) is 0. The summed E-state index contributed by atoms with van der Waals surface area (Å²) in [5, 5.41) is 9.33. The number of phenolic OH excluding ortho intramolecular Hbond substituents is 1. The average molecular weight is 274 g/mol. The molecule has 4 nitrogen and oxygen atoms in total. The zero-order valence-corrected chi connectivity index (χ0v) is 11.8. The van der Waals surface area contributed by atoms with Gasteiger partial charge < -0.3 is 19.3 Å². The van der Waals surface area contributed by atoms with Gasteiger partial charge in [-0.05, 0) is 17.7 Å². The molecule has 0 saturated heterocycles. The lowest BCUT2D eigenvalue weighted by atomic mass is 10.0. The molecule has 0 saturated carbocycles. The van der Waals surface area contributed by atoms with Gasteiger partial charge in [0.05, 0.1) is 21.3 Å². The van der Waals surface area contributed by atoms with E-state index < -0.39 is 0 Å². The van der Waals surface area contributed by atoms with Crippen LogP contribution in [0.4, 0.5) is 0 Å². The van der Waals surface area contributed by atoms with Crippen molar-refractivity contribution < 1.29 is 19.3 Å². The molecule has 0 aliphatic heterocycles. The largest absolute Gasteiger partial charge is 0.508 e. The minimum absolute atomic E-state index is 0.252. The van der Waals surface area contributed by atoms with Gasteiger partial charge in [-0.25, -0.2) is 0 Å². The van der Waals surface area contributed by atoms with Crippen LogP contribution < -0.4 is 14.2 Å². The fraction of sp³-hybridized carbons (Fsp3) is 0.250. The zero-order chi connectivity index (χ0) is 14.5. The molecule has 0 bridgehead atoms. The standard InChI is InChI=1S/C16H18O4/c1-18-13-9-15(19-2)14(16(10-13)20-3)8-11-4-6-12(17)7-5-11/h4-7,9-10,17H,8H2,1-3H3. The first-order valence-electron chi connectivity index (χ1n) is 6.24. The van der Waals surface area contributed by atoms with Crippen LogP contribution in [0.3, 0.4) is 0 Å². The summed E-state index contributed by atoms with van der Waals surface area (Å²) >= 11 is 0. The number of ether oxygens (including phenoxy) is 3. The number of aromatic hydroxyl groups is 1. The molecule has 0 aliphatic rings. The summed E-state index contributed by atoms with van der Waals surface area (Å²) in [6, 6.07) is 10.7. The topological polar surface area (TPSA) is 47.9 Å². The Morgan fingerprint density at radius 1 is 0.850 bits per heavy atom. The fourth-order valence-electron chi connectivity index (χ4n) is 2.07. The van der Waals surface area contributed by atoms with Crippen LogP contribution in [0.2, 0.25) is 0 Å². The first-order valence-corrected chi connectivity index (χ1v) is 6.24. The van der Waals surface area contributed by atoms with E-state index in [9.17, 15) is 5.11 Å². The molecule has 2 aromatic carbocycles. The van der Waals surface area contributed by atoms with Crippen molar-refractivity contribution in [1.82, 2.24) is 0 Å². The second-order valence-electron chi connectivity index (χ2n) is 4.35. The van der Waals surface area contributed by atoms with Gasteiger partial charge in [-0.3, -0.25) is 0 Å². The molecule has 2 rings (SSSR count). The highest BCUT2D eigenvalue weighted by atomic mass is 16.5. The lowest BCUT2D eigenvalue weighted by Gasteiger charge is -2.15. The quantitative estimate of drug-likeness (QED) is 0.910. The summed E-state index contributed by atoms with van der Waals surface area (Å²) in [6.07, 6.45) is 0.649. The molecule has 20 heavy (non-hydrogen) atoms. The van der Waals surface area contributed by atoms with Crippen LogP contribution >= 0.6 is 0 Å². The van der Waals surface area contributed by atoms with Gasteiger partial charge in [0.1, 0.15) is 23.0 Å². The third kappa shape index (κ3) is 2.96. The number of hydrogen-bond donors (Lipinski definition) is 1. The SMILES string of the molecule is COc1cc(OC)c(Cc2ccc(O)cc2)c(OC)c1. The van der Waals surface area contributed by atoms with Crippen molar-refractivity contribution >= 4 is 0 Å². The highest BCUT2D eigenvalue weighted by molar-refractivity contribution is 5.52. The maximum atomic E-state index is 9.33. The third-order valence-corrected chi connectivity index (χ3v) is 3.13. The minimum Gasteiger partial charge on any atom is -0.508 e. The Bertz CT molecular complexity index is 551. The molecule has 0 aliphatic carbocycles. The summed E-state index contributed by atoms with van der Waals surface area (Å²) in [7, 11) is 4.84. The lowest BCUT2D eigenvalue weighted by Crippen LogP contribution is -1.99. The Morgan fingerprint density at radius 2 is 1.40 bits per heavy atom. The van der Waals surface area contributed by atoms with E-state index in [0.29, 0.717) is 23.7 Å². The van der Waals surface area contributed by atoms with Gasteiger partial charge in [0, 0.05) is 24.1 Å². The van der Waals surface area contributed by atoms with Gasteiger partial charge in [0.2, 0.25) is 0 Å². The number of rotatable bonds is 5. The van der Waals surface area contributed by atoms with E-state index in [1.54, 1.807) is 33.5 Å². The predicted octanol–water partition coefficient (Wildman–Crippen LogP) is 3.01. The molecule has 106 valence electrons. The van der Waals surface area contributed by atoms with Gasteiger partial charge in [0.15, 0.2) is 0 Å². The van der Waals surface area contributed by atoms with Crippen LogP contribution in [0, 0.1) is 0 Å². The van der Waals surface area contributed by atoms with Crippen molar-refractivity contribution in [2.75, 3.05) is 21.3 Å². The molecule has 0 fully saturated rings. The first-order chi connectivity index (χ1) is 9.67. The van der Waals surface area contributed by atoms with Crippen molar-refractivity contribution in [2.45, 2.75) is 6.42 Å². The highest BCUT2D eigenvalue weighted by Gasteiger charge is 2.13. The van der Waals surface area contributed by atoms with E-state index in [-0.39, 0.29) is 5.75 Å². The summed E-state index contributed by atoms with van der Waals surface area (Å²) in [5.41, 5.74) is 2.01. The van der Waals surface area contributed by atoms with Crippen LogP contribution in [0.1, 0.15) is 11.1 Å². The van der Waals surface area contributed by atoms with Gasteiger partial charge >= 0.3 is 0 Å². The van der Waals surface area contributed by atoms with Crippen molar-refractivity contribution in [3.05, 3.63) is 47.5 Å². The Hall–Kier alpha value is -2.36. The molecule has 1 N–H and O–H groups in total. The second kappa shape index (κ2) is 6.19. The molecule has 0 spiro atoms. The summed E-state index contributed by atoms with van der Waals surface area (Å²) in [5.74, 6) is 2.37. The molecule has 0 unspecified atom stereocenters. The van der Waals surface area contributed by atoms with Crippen LogP contribution in [0.25, 0.3) is 0 Å². The molecule has 0 heterocycles. The van der Waals surface area contributed by atoms with Crippen molar-refractivity contribution in [3.8, 4) is 23.0 Å². The summed E-state index contributed by atoms with van der Waals surface area (Å²) in [6.45, 7) is 0. The Balaban J connectivity index is 2.41. The molecule has 2 aromatic rings. The molecule has 0 amide bonds.